The highest BCUT2D eigenvalue weighted by atomic mass is 79.9. The van der Waals surface area contributed by atoms with Gasteiger partial charge in [0.1, 0.15) is 5.75 Å². The van der Waals surface area contributed by atoms with Crippen molar-refractivity contribution in [1.29, 1.82) is 0 Å². The Morgan fingerprint density at radius 1 is 1.42 bits per heavy atom. The molecule has 2 rings (SSSR count). The number of rotatable bonds is 6. The first-order valence-corrected chi connectivity index (χ1v) is 7.46. The quantitative estimate of drug-likeness (QED) is 0.841. The first kappa shape index (κ1) is 14.6. The fourth-order valence-electron chi connectivity index (χ4n) is 2.34. The van der Waals surface area contributed by atoms with Crippen LogP contribution < -0.4 is 10.1 Å². The van der Waals surface area contributed by atoms with Gasteiger partial charge in [0, 0.05) is 18.8 Å². The summed E-state index contributed by atoms with van der Waals surface area (Å²) in [5.41, 5.74) is 0.980. The number of ether oxygens (including phenoxy) is 1. The van der Waals surface area contributed by atoms with Crippen LogP contribution in [0.3, 0.4) is 0 Å². The zero-order valence-electron chi connectivity index (χ0n) is 11.2. The van der Waals surface area contributed by atoms with Crippen LogP contribution in [0, 0.1) is 0 Å². The first-order valence-electron chi connectivity index (χ1n) is 6.67. The van der Waals surface area contributed by atoms with Crippen LogP contribution in [0.1, 0.15) is 12.8 Å². The van der Waals surface area contributed by atoms with Crippen LogP contribution in [0.15, 0.2) is 22.7 Å². The molecule has 1 aromatic rings. The number of aliphatic hydroxyl groups is 1. The molecule has 5 heteroatoms. The Kier molecular flexibility index (Phi) is 5.48. The van der Waals surface area contributed by atoms with Crippen LogP contribution in [-0.4, -0.2) is 49.4 Å². The molecule has 0 aromatic heterocycles. The average molecular weight is 329 g/mol. The maximum atomic E-state index is 10.0. The van der Waals surface area contributed by atoms with Gasteiger partial charge in [-0.1, -0.05) is 0 Å². The van der Waals surface area contributed by atoms with Crippen molar-refractivity contribution in [1.82, 2.24) is 4.90 Å². The third-order valence-electron chi connectivity index (χ3n) is 3.36. The van der Waals surface area contributed by atoms with Gasteiger partial charge in [0.2, 0.25) is 0 Å². The van der Waals surface area contributed by atoms with Gasteiger partial charge in [0.05, 0.1) is 17.7 Å². The molecular formula is C14H21BrN2O2. The molecule has 1 atom stereocenters. The second-order valence-corrected chi connectivity index (χ2v) is 5.75. The number of hydrogen-bond donors (Lipinski definition) is 2. The van der Waals surface area contributed by atoms with Gasteiger partial charge in [-0.15, -0.1) is 0 Å². The van der Waals surface area contributed by atoms with E-state index in [2.05, 4.69) is 26.1 Å². The number of halogens is 1. The topological polar surface area (TPSA) is 44.7 Å². The van der Waals surface area contributed by atoms with Crippen molar-refractivity contribution < 1.29 is 9.84 Å². The van der Waals surface area contributed by atoms with Crippen LogP contribution in [-0.2, 0) is 0 Å². The summed E-state index contributed by atoms with van der Waals surface area (Å²) in [6, 6.07) is 5.81. The monoisotopic (exact) mass is 328 g/mol. The number of aliphatic hydroxyl groups excluding tert-OH is 1. The lowest BCUT2D eigenvalue weighted by Crippen LogP contribution is -2.34. The molecule has 19 heavy (non-hydrogen) atoms. The van der Waals surface area contributed by atoms with Crippen molar-refractivity contribution in [2.75, 3.05) is 38.6 Å². The van der Waals surface area contributed by atoms with E-state index in [1.165, 1.54) is 12.8 Å². The minimum atomic E-state index is -0.334. The fourth-order valence-corrected chi connectivity index (χ4v) is 2.88. The standard InChI is InChI=1S/C14H21BrN2O2/c1-19-14-5-4-11(8-13(14)15)16-9-12(18)10-17-6-2-3-7-17/h4-5,8,12,16,18H,2-3,6-7,9-10H2,1H3. The molecule has 1 aromatic carbocycles. The van der Waals surface area contributed by atoms with Crippen LogP contribution >= 0.6 is 15.9 Å². The van der Waals surface area contributed by atoms with Crippen molar-refractivity contribution in [2.45, 2.75) is 18.9 Å². The molecule has 1 unspecified atom stereocenters. The molecule has 1 aliphatic rings. The summed E-state index contributed by atoms with van der Waals surface area (Å²) in [7, 11) is 1.65. The summed E-state index contributed by atoms with van der Waals surface area (Å²) in [6.45, 7) is 3.55. The van der Waals surface area contributed by atoms with E-state index in [9.17, 15) is 5.11 Å². The van der Waals surface area contributed by atoms with Crippen molar-refractivity contribution in [2.24, 2.45) is 0 Å². The van der Waals surface area contributed by atoms with E-state index < -0.39 is 0 Å². The highest BCUT2D eigenvalue weighted by molar-refractivity contribution is 9.10. The normalized spacial score (nSPS) is 17.4. The number of benzene rings is 1. The molecule has 1 saturated heterocycles. The molecule has 4 nitrogen and oxygen atoms in total. The third kappa shape index (κ3) is 4.37. The zero-order chi connectivity index (χ0) is 13.7. The molecule has 0 bridgehead atoms. The summed E-state index contributed by atoms with van der Waals surface area (Å²) < 4.78 is 6.09. The largest absolute Gasteiger partial charge is 0.496 e. The van der Waals surface area contributed by atoms with Crippen LogP contribution in [0.4, 0.5) is 5.69 Å². The van der Waals surface area contributed by atoms with Gasteiger partial charge in [-0.05, 0) is 60.1 Å². The summed E-state index contributed by atoms with van der Waals surface area (Å²) >= 11 is 3.45. The Morgan fingerprint density at radius 2 is 2.16 bits per heavy atom. The molecule has 0 aliphatic carbocycles. The van der Waals surface area contributed by atoms with Gasteiger partial charge in [-0.25, -0.2) is 0 Å². The van der Waals surface area contributed by atoms with Crippen molar-refractivity contribution in [3.63, 3.8) is 0 Å². The van der Waals surface area contributed by atoms with Crippen LogP contribution in [0.2, 0.25) is 0 Å². The van der Waals surface area contributed by atoms with Gasteiger partial charge >= 0.3 is 0 Å². The molecule has 1 fully saturated rings. The molecular weight excluding hydrogens is 308 g/mol. The maximum Gasteiger partial charge on any atom is 0.133 e. The first-order chi connectivity index (χ1) is 9.19. The van der Waals surface area contributed by atoms with Crippen molar-refractivity contribution in [3.05, 3.63) is 22.7 Å². The fraction of sp³-hybridized carbons (Fsp3) is 0.571. The van der Waals surface area contributed by atoms with Gasteiger partial charge in [-0.3, -0.25) is 0 Å². The van der Waals surface area contributed by atoms with Crippen LogP contribution in [0.25, 0.3) is 0 Å². The summed E-state index contributed by atoms with van der Waals surface area (Å²) in [5.74, 6) is 0.808. The van der Waals surface area contributed by atoms with Crippen molar-refractivity contribution >= 4 is 21.6 Å². The lowest BCUT2D eigenvalue weighted by Gasteiger charge is -2.20. The molecule has 0 radical (unpaired) electrons. The number of β-amino-alcohol motifs (C(OH)–C–C–N with tert-alkyl or cyclic N) is 1. The maximum absolute atomic E-state index is 10.0. The molecule has 0 saturated carbocycles. The molecule has 1 aliphatic heterocycles. The van der Waals surface area contributed by atoms with E-state index in [1.54, 1.807) is 7.11 Å². The Labute approximate surface area is 122 Å². The Bertz CT molecular complexity index is 408. The SMILES string of the molecule is COc1ccc(NCC(O)CN2CCCC2)cc1Br. The van der Waals surface area contributed by atoms with E-state index in [0.29, 0.717) is 6.54 Å². The van der Waals surface area contributed by atoms with Gasteiger partial charge in [0.25, 0.3) is 0 Å². The Morgan fingerprint density at radius 3 is 2.79 bits per heavy atom. The summed E-state index contributed by atoms with van der Waals surface area (Å²) in [4.78, 5) is 2.32. The zero-order valence-corrected chi connectivity index (χ0v) is 12.8. The van der Waals surface area contributed by atoms with Crippen LogP contribution in [0.5, 0.6) is 5.75 Å². The molecule has 0 amide bonds. The van der Waals surface area contributed by atoms with E-state index in [1.807, 2.05) is 18.2 Å². The second kappa shape index (κ2) is 7.12. The summed E-state index contributed by atoms with van der Waals surface area (Å²) in [6.07, 6.45) is 2.18. The van der Waals surface area contributed by atoms with E-state index in [4.69, 9.17) is 4.74 Å². The highest BCUT2D eigenvalue weighted by Gasteiger charge is 2.15. The number of methoxy groups -OCH3 is 1. The lowest BCUT2D eigenvalue weighted by atomic mass is 10.2. The van der Waals surface area contributed by atoms with Gasteiger partial charge in [-0.2, -0.15) is 0 Å². The minimum Gasteiger partial charge on any atom is -0.496 e. The predicted molar refractivity (Wildman–Crippen MR) is 80.9 cm³/mol. The average Bonchev–Trinajstić information content (AvgIpc) is 2.89. The molecule has 2 N–H and O–H groups in total. The summed E-state index contributed by atoms with van der Waals surface area (Å²) in [5, 5.41) is 13.2. The second-order valence-electron chi connectivity index (χ2n) is 4.89. The van der Waals surface area contributed by atoms with Crippen molar-refractivity contribution in [3.8, 4) is 5.75 Å². The Balaban J connectivity index is 1.79. The lowest BCUT2D eigenvalue weighted by molar-refractivity contribution is 0.135. The van der Waals surface area contributed by atoms with E-state index in [-0.39, 0.29) is 6.10 Å². The predicted octanol–water partition coefficient (Wildman–Crippen LogP) is 2.33. The number of anilines is 1. The Hall–Kier alpha value is -0.780. The number of nitrogens with one attached hydrogen (secondary N) is 1. The van der Waals surface area contributed by atoms with E-state index >= 15 is 0 Å². The van der Waals surface area contributed by atoms with Gasteiger partial charge in [0.15, 0.2) is 0 Å². The molecule has 1 heterocycles. The highest BCUT2D eigenvalue weighted by Crippen LogP contribution is 2.27. The number of likely N-dealkylation sites (tertiary alicyclic amines) is 1. The minimum absolute atomic E-state index is 0.334. The smallest absolute Gasteiger partial charge is 0.133 e. The number of hydrogen-bond acceptors (Lipinski definition) is 4. The number of nitrogens with zero attached hydrogens (tertiary/aromatic N) is 1. The molecule has 0 spiro atoms. The van der Waals surface area contributed by atoms with Gasteiger partial charge < -0.3 is 20.1 Å². The molecule has 106 valence electrons. The van der Waals surface area contributed by atoms with E-state index in [0.717, 1.165) is 35.5 Å². The third-order valence-corrected chi connectivity index (χ3v) is 3.98.